The van der Waals surface area contributed by atoms with E-state index >= 15 is 0 Å². The lowest BCUT2D eigenvalue weighted by molar-refractivity contribution is -0.384. The molecule has 0 aliphatic heterocycles. The van der Waals surface area contributed by atoms with Crippen LogP contribution in [0.15, 0.2) is 71.6 Å². The molecule has 0 spiro atoms. The van der Waals surface area contributed by atoms with Crippen molar-refractivity contribution in [3.63, 3.8) is 0 Å². The summed E-state index contributed by atoms with van der Waals surface area (Å²) in [4.78, 5) is 34.5. The molecule has 11 nitrogen and oxygen atoms in total. The van der Waals surface area contributed by atoms with Crippen LogP contribution in [0.4, 0.5) is 17.1 Å². The van der Waals surface area contributed by atoms with Crippen LogP contribution in [0.1, 0.15) is 17.3 Å². The number of esters is 1. The van der Waals surface area contributed by atoms with Crippen LogP contribution >= 0.6 is 11.6 Å². The lowest BCUT2D eigenvalue weighted by Crippen LogP contribution is -2.21. The molecule has 0 fully saturated rings. The number of nitrogens with one attached hydrogen (secondary N) is 2. The van der Waals surface area contributed by atoms with Crippen LogP contribution in [0.5, 0.6) is 5.75 Å². The monoisotopic (exact) mass is 533 g/mol. The molecule has 0 radical (unpaired) electrons. The highest BCUT2D eigenvalue weighted by Gasteiger charge is 2.17. The van der Waals surface area contributed by atoms with Gasteiger partial charge in [-0.05, 0) is 67.6 Å². The average molecular weight is 534 g/mol. The van der Waals surface area contributed by atoms with E-state index in [-0.39, 0.29) is 32.5 Å². The molecule has 0 aliphatic rings. The van der Waals surface area contributed by atoms with Crippen molar-refractivity contribution < 1.29 is 32.4 Å². The Hall–Kier alpha value is -4.16. The normalized spacial score (nSPS) is 10.8. The summed E-state index contributed by atoms with van der Waals surface area (Å²) in [6, 6.07) is 15.0. The summed E-state index contributed by atoms with van der Waals surface area (Å²) in [5, 5.41) is 13.2. The van der Waals surface area contributed by atoms with Crippen LogP contribution in [0.2, 0.25) is 5.02 Å². The summed E-state index contributed by atoms with van der Waals surface area (Å²) >= 11 is 5.73. The molecule has 0 saturated heterocycles. The molecule has 0 unspecified atom stereocenters. The summed E-state index contributed by atoms with van der Waals surface area (Å²) < 4.78 is 37.8. The second-order valence-electron chi connectivity index (χ2n) is 7.13. The van der Waals surface area contributed by atoms with Gasteiger partial charge in [-0.3, -0.25) is 19.6 Å². The molecule has 0 atom stereocenters. The van der Waals surface area contributed by atoms with Crippen LogP contribution in [-0.2, 0) is 19.6 Å². The molecule has 0 saturated carbocycles. The van der Waals surface area contributed by atoms with Gasteiger partial charge < -0.3 is 14.8 Å². The van der Waals surface area contributed by atoms with Crippen LogP contribution in [0, 0.1) is 10.1 Å². The Morgan fingerprint density at radius 2 is 1.64 bits per heavy atom. The van der Waals surface area contributed by atoms with E-state index in [9.17, 15) is 28.1 Å². The SMILES string of the molecule is CCOc1ccc(S(=O)(=O)Nc2ccc(C(=O)OCC(=O)Nc3ccc(Cl)c([N+](=O)[O-])c3)cc2)cc1. The first-order valence-electron chi connectivity index (χ1n) is 10.4. The van der Waals surface area contributed by atoms with Crippen LogP contribution in [0.3, 0.4) is 0 Å². The lowest BCUT2D eigenvalue weighted by Gasteiger charge is -2.10. The Morgan fingerprint density at radius 1 is 1.00 bits per heavy atom. The van der Waals surface area contributed by atoms with Crippen LogP contribution in [-0.4, -0.2) is 38.4 Å². The van der Waals surface area contributed by atoms with Gasteiger partial charge in [0.1, 0.15) is 10.8 Å². The van der Waals surface area contributed by atoms with Gasteiger partial charge in [0.2, 0.25) is 0 Å². The second kappa shape index (κ2) is 11.5. The quantitative estimate of drug-likeness (QED) is 0.223. The van der Waals surface area contributed by atoms with E-state index in [1.807, 2.05) is 6.92 Å². The maximum Gasteiger partial charge on any atom is 0.338 e. The summed E-state index contributed by atoms with van der Waals surface area (Å²) in [7, 11) is -3.87. The molecule has 0 aliphatic carbocycles. The molecule has 2 N–H and O–H groups in total. The molecule has 188 valence electrons. The fourth-order valence-electron chi connectivity index (χ4n) is 2.91. The molecule has 3 rings (SSSR count). The molecule has 36 heavy (non-hydrogen) atoms. The maximum absolute atomic E-state index is 12.6. The predicted molar refractivity (Wildman–Crippen MR) is 132 cm³/mol. The number of nitrogens with zero attached hydrogens (tertiary/aromatic N) is 1. The van der Waals surface area contributed by atoms with Gasteiger partial charge in [-0.1, -0.05) is 11.6 Å². The van der Waals surface area contributed by atoms with Gasteiger partial charge in [-0.2, -0.15) is 0 Å². The molecule has 3 aromatic carbocycles. The number of sulfonamides is 1. The molecular weight excluding hydrogens is 514 g/mol. The molecule has 1 amide bonds. The average Bonchev–Trinajstić information content (AvgIpc) is 2.84. The number of rotatable bonds is 10. The maximum atomic E-state index is 12.6. The largest absolute Gasteiger partial charge is 0.494 e. The Morgan fingerprint density at radius 3 is 2.25 bits per heavy atom. The fraction of sp³-hybridized carbons (Fsp3) is 0.130. The number of ether oxygens (including phenoxy) is 2. The van der Waals surface area contributed by atoms with Gasteiger partial charge in [0.15, 0.2) is 6.61 Å². The van der Waals surface area contributed by atoms with Crippen molar-refractivity contribution >= 4 is 50.6 Å². The highest BCUT2D eigenvalue weighted by atomic mass is 35.5. The van der Waals surface area contributed by atoms with Gasteiger partial charge in [-0.15, -0.1) is 0 Å². The number of nitro groups is 1. The third-order valence-electron chi connectivity index (χ3n) is 4.58. The number of anilines is 2. The highest BCUT2D eigenvalue weighted by Crippen LogP contribution is 2.27. The minimum Gasteiger partial charge on any atom is -0.494 e. The van der Waals surface area contributed by atoms with E-state index in [0.29, 0.717) is 12.4 Å². The number of nitro benzene ring substituents is 1. The zero-order chi connectivity index (χ0) is 26.3. The Labute approximate surface area is 211 Å². The van der Waals surface area contributed by atoms with Crippen molar-refractivity contribution in [1.82, 2.24) is 0 Å². The van der Waals surface area contributed by atoms with Gasteiger partial charge in [0.25, 0.3) is 21.6 Å². The van der Waals surface area contributed by atoms with Crippen molar-refractivity contribution in [1.29, 1.82) is 0 Å². The van der Waals surface area contributed by atoms with Gasteiger partial charge in [0.05, 0.1) is 22.0 Å². The molecule has 0 heterocycles. The van der Waals surface area contributed by atoms with Gasteiger partial charge in [0, 0.05) is 17.4 Å². The Bertz CT molecular complexity index is 1380. The summed E-state index contributed by atoms with van der Waals surface area (Å²) in [5.74, 6) is -1.00. The van der Waals surface area contributed by atoms with Crippen molar-refractivity contribution in [2.75, 3.05) is 23.3 Å². The van der Waals surface area contributed by atoms with Crippen LogP contribution in [0.25, 0.3) is 0 Å². The minimum absolute atomic E-state index is 0.0338. The zero-order valence-corrected chi connectivity index (χ0v) is 20.3. The van der Waals surface area contributed by atoms with E-state index in [0.717, 1.165) is 6.07 Å². The van der Waals surface area contributed by atoms with Gasteiger partial charge >= 0.3 is 5.97 Å². The molecule has 3 aromatic rings. The molecule has 0 aromatic heterocycles. The Balaban J connectivity index is 1.56. The first-order chi connectivity index (χ1) is 17.1. The smallest absolute Gasteiger partial charge is 0.338 e. The van der Waals surface area contributed by atoms with Crippen molar-refractivity contribution in [2.24, 2.45) is 0 Å². The lowest BCUT2D eigenvalue weighted by atomic mass is 10.2. The number of hydrogen-bond acceptors (Lipinski definition) is 8. The van der Waals surface area contributed by atoms with E-state index in [2.05, 4.69) is 10.0 Å². The summed E-state index contributed by atoms with van der Waals surface area (Å²) in [5.41, 5.74) is 0.0115. The van der Waals surface area contributed by atoms with E-state index in [1.54, 1.807) is 12.1 Å². The summed E-state index contributed by atoms with van der Waals surface area (Å²) in [6.07, 6.45) is 0. The third kappa shape index (κ3) is 6.93. The molecular formula is C23H20ClN3O8S. The number of amides is 1. The van der Waals surface area contributed by atoms with Crippen molar-refractivity contribution in [3.8, 4) is 5.75 Å². The minimum atomic E-state index is -3.87. The highest BCUT2D eigenvalue weighted by molar-refractivity contribution is 7.92. The second-order valence-corrected chi connectivity index (χ2v) is 9.22. The van der Waals surface area contributed by atoms with Gasteiger partial charge in [-0.25, -0.2) is 13.2 Å². The van der Waals surface area contributed by atoms with E-state index < -0.39 is 33.4 Å². The number of halogens is 1. The topological polar surface area (TPSA) is 154 Å². The number of carbonyl (C=O) groups excluding carboxylic acids is 2. The number of carbonyl (C=O) groups is 2. The van der Waals surface area contributed by atoms with E-state index in [1.165, 1.54) is 48.5 Å². The number of hydrogen-bond donors (Lipinski definition) is 2. The first-order valence-corrected chi connectivity index (χ1v) is 12.2. The standard InChI is InChI=1S/C23H20ClN3O8S/c1-2-34-18-8-10-19(11-9-18)36(32,33)26-16-5-3-15(4-6-16)23(29)35-14-22(28)25-17-7-12-20(24)21(13-17)27(30)31/h3-13,26H,2,14H2,1H3,(H,25,28). The molecule has 13 heteroatoms. The van der Waals surface area contributed by atoms with Crippen molar-refractivity contribution in [3.05, 3.63) is 87.4 Å². The van der Waals surface area contributed by atoms with E-state index in [4.69, 9.17) is 21.1 Å². The number of benzene rings is 3. The zero-order valence-electron chi connectivity index (χ0n) is 18.8. The fourth-order valence-corrected chi connectivity index (χ4v) is 4.16. The molecule has 0 bridgehead atoms. The van der Waals surface area contributed by atoms with Crippen LogP contribution < -0.4 is 14.8 Å². The summed E-state index contributed by atoms with van der Waals surface area (Å²) in [6.45, 7) is 1.62. The van der Waals surface area contributed by atoms with Crippen molar-refractivity contribution in [2.45, 2.75) is 11.8 Å². The first kappa shape index (κ1) is 26.4. The third-order valence-corrected chi connectivity index (χ3v) is 6.30. The predicted octanol–water partition coefficient (Wildman–Crippen LogP) is 4.24. The Kier molecular flexibility index (Phi) is 8.46.